The molecule has 1 aromatic rings. The Balaban J connectivity index is 2.43. The van der Waals surface area contributed by atoms with Crippen molar-refractivity contribution in [3.63, 3.8) is 0 Å². The summed E-state index contributed by atoms with van der Waals surface area (Å²) in [5, 5.41) is 3.44. The van der Waals surface area contributed by atoms with E-state index in [2.05, 4.69) is 54.1 Å². The van der Waals surface area contributed by atoms with Crippen molar-refractivity contribution in [1.82, 2.24) is 10.2 Å². The van der Waals surface area contributed by atoms with E-state index in [0.717, 1.165) is 16.8 Å². The van der Waals surface area contributed by atoms with E-state index in [0.29, 0.717) is 6.04 Å². The third kappa shape index (κ3) is 3.63. The van der Waals surface area contributed by atoms with E-state index in [9.17, 15) is 0 Å². The highest BCUT2D eigenvalue weighted by Crippen LogP contribution is 2.23. The maximum absolute atomic E-state index is 5.40. The Bertz CT molecular complexity index is 299. The van der Waals surface area contributed by atoms with E-state index in [1.165, 1.54) is 0 Å². The van der Waals surface area contributed by atoms with Gasteiger partial charge in [0.05, 0.1) is 16.8 Å². The molecule has 0 aliphatic rings. The normalized spacial score (nSPS) is 15.6. The Hall–Kier alpha value is -0.320. The lowest BCUT2D eigenvalue weighted by molar-refractivity contribution is 0.289. The largest absolute Gasteiger partial charge is 0.466 e. The van der Waals surface area contributed by atoms with Gasteiger partial charge in [0.2, 0.25) is 0 Å². The molecule has 2 atom stereocenters. The Labute approximate surface area is 100.0 Å². The van der Waals surface area contributed by atoms with Gasteiger partial charge in [-0.15, -0.1) is 0 Å². The van der Waals surface area contributed by atoms with Crippen LogP contribution in [0.2, 0.25) is 0 Å². The Morgan fingerprint density at radius 2 is 2.13 bits per heavy atom. The van der Waals surface area contributed by atoms with Crippen LogP contribution >= 0.6 is 15.9 Å². The van der Waals surface area contributed by atoms with Crippen LogP contribution in [0.25, 0.3) is 0 Å². The van der Waals surface area contributed by atoms with Gasteiger partial charge in [-0.3, -0.25) is 0 Å². The Morgan fingerprint density at radius 1 is 1.47 bits per heavy atom. The molecule has 1 rings (SSSR count). The zero-order valence-corrected chi connectivity index (χ0v) is 11.3. The summed E-state index contributed by atoms with van der Waals surface area (Å²) in [4.78, 5) is 2.19. The molecule has 86 valence electrons. The van der Waals surface area contributed by atoms with E-state index in [-0.39, 0.29) is 6.04 Å². The zero-order chi connectivity index (χ0) is 11.4. The molecule has 0 aliphatic heterocycles. The van der Waals surface area contributed by atoms with Crippen molar-refractivity contribution < 1.29 is 4.42 Å². The molecular formula is C11H19BrN2O. The van der Waals surface area contributed by atoms with Crippen molar-refractivity contribution in [1.29, 1.82) is 0 Å². The zero-order valence-electron chi connectivity index (χ0n) is 9.75. The van der Waals surface area contributed by atoms with Crippen molar-refractivity contribution in [2.75, 3.05) is 20.6 Å². The van der Waals surface area contributed by atoms with Gasteiger partial charge in [-0.1, -0.05) is 0 Å². The lowest BCUT2D eigenvalue weighted by atomic mass is 10.2. The maximum Gasteiger partial charge on any atom is 0.134 e. The fourth-order valence-corrected chi connectivity index (χ4v) is 1.78. The fraction of sp³-hybridized carbons (Fsp3) is 0.636. The molecule has 0 amide bonds. The van der Waals surface area contributed by atoms with Gasteiger partial charge in [-0.05, 0) is 49.9 Å². The first-order valence-electron chi connectivity index (χ1n) is 5.15. The van der Waals surface area contributed by atoms with Crippen molar-refractivity contribution in [3.8, 4) is 0 Å². The number of rotatable bonds is 5. The van der Waals surface area contributed by atoms with Crippen LogP contribution in [0.5, 0.6) is 0 Å². The van der Waals surface area contributed by atoms with E-state index < -0.39 is 0 Å². The van der Waals surface area contributed by atoms with Crippen molar-refractivity contribution in [2.24, 2.45) is 0 Å². The number of nitrogens with one attached hydrogen (secondary N) is 1. The minimum absolute atomic E-state index is 0.233. The van der Waals surface area contributed by atoms with Crippen molar-refractivity contribution in [3.05, 3.63) is 22.6 Å². The predicted octanol–water partition coefficient (Wildman–Crippen LogP) is 2.64. The second-order valence-electron chi connectivity index (χ2n) is 4.08. The third-order valence-corrected chi connectivity index (χ3v) is 3.29. The molecule has 0 bridgehead atoms. The lowest BCUT2D eigenvalue weighted by Gasteiger charge is -2.22. The van der Waals surface area contributed by atoms with Crippen LogP contribution < -0.4 is 5.32 Å². The average molecular weight is 275 g/mol. The molecule has 1 heterocycles. The van der Waals surface area contributed by atoms with E-state index >= 15 is 0 Å². The first-order chi connectivity index (χ1) is 7.02. The highest BCUT2D eigenvalue weighted by molar-refractivity contribution is 9.10. The van der Waals surface area contributed by atoms with Crippen LogP contribution in [0.1, 0.15) is 25.6 Å². The minimum Gasteiger partial charge on any atom is -0.466 e. The number of hydrogen-bond donors (Lipinski definition) is 1. The van der Waals surface area contributed by atoms with Gasteiger partial charge in [-0.25, -0.2) is 0 Å². The molecule has 0 aliphatic carbocycles. The van der Waals surface area contributed by atoms with Gasteiger partial charge in [0.1, 0.15) is 5.76 Å². The van der Waals surface area contributed by atoms with Crippen LogP contribution in [-0.4, -0.2) is 31.6 Å². The first-order valence-corrected chi connectivity index (χ1v) is 5.94. The number of hydrogen-bond acceptors (Lipinski definition) is 3. The number of furan rings is 1. The van der Waals surface area contributed by atoms with Gasteiger partial charge >= 0.3 is 0 Å². The molecule has 1 N–H and O–H groups in total. The second-order valence-corrected chi connectivity index (χ2v) is 4.93. The average Bonchev–Trinajstić information content (AvgIpc) is 2.60. The summed E-state index contributed by atoms with van der Waals surface area (Å²) in [6.45, 7) is 5.24. The number of halogens is 1. The number of nitrogens with zero attached hydrogens (tertiary/aromatic N) is 1. The summed E-state index contributed by atoms with van der Waals surface area (Å²) >= 11 is 3.46. The number of likely N-dealkylation sites (N-methyl/N-ethyl adjacent to an activating group) is 1. The van der Waals surface area contributed by atoms with Crippen LogP contribution in [0.4, 0.5) is 0 Å². The summed E-state index contributed by atoms with van der Waals surface area (Å²) < 4.78 is 6.42. The molecule has 15 heavy (non-hydrogen) atoms. The summed E-state index contributed by atoms with van der Waals surface area (Å²) in [6.07, 6.45) is 1.70. The second kappa shape index (κ2) is 5.68. The summed E-state index contributed by atoms with van der Waals surface area (Å²) in [5.41, 5.74) is 0. The molecule has 4 heteroatoms. The molecule has 0 saturated heterocycles. The summed E-state index contributed by atoms with van der Waals surface area (Å²) in [7, 11) is 4.17. The molecule has 0 radical (unpaired) electrons. The molecule has 3 nitrogen and oxygen atoms in total. The van der Waals surface area contributed by atoms with Crippen LogP contribution in [0.3, 0.4) is 0 Å². The highest BCUT2D eigenvalue weighted by atomic mass is 79.9. The molecule has 1 aromatic heterocycles. The van der Waals surface area contributed by atoms with Crippen LogP contribution in [-0.2, 0) is 0 Å². The molecule has 0 fully saturated rings. The Morgan fingerprint density at radius 3 is 2.60 bits per heavy atom. The van der Waals surface area contributed by atoms with Crippen LogP contribution in [0, 0.1) is 0 Å². The lowest BCUT2D eigenvalue weighted by Crippen LogP contribution is -2.36. The van der Waals surface area contributed by atoms with E-state index in [1.54, 1.807) is 6.26 Å². The maximum atomic E-state index is 5.40. The monoisotopic (exact) mass is 274 g/mol. The van der Waals surface area contributed by atoms with Gasteiger partial charge in [-0.2, -0.15) is 0 Å². The van der Waals surface area contributed by atoms with Crippen LogP contribution in [0.15, 0.2) is 21.2 Å². The van der Waals surface area contributed by atoms with E-state index in [1.807, 2.05) is 6.07 Å². The SMILES string of the molecule is CC(NCC(C)N(C)C)c1occc1Br. The summed E-state index contributed by atoms with van der Waals surface area (Å²) in [6, 6.07) is 2.67. The quantitative estimate of drug-likeness (QED) is 0.895. The first kappa shape index (κ1) is 12.7. The van der Waals surface area contributed by atoms with Crippen molar-refractivity contribution in [2.45, 2.75) is 25.9 Å². The fourth-order valence-electron chi connectivity index (χ4n) is 1.24. The molecule has 0 aromatic carbocycles. The van der Waals surface area contributed by atoms with Crippen molar-refractivity contribution >= 4 is 15.9 Å². The third-order valence-electron chi connectivity index (χ3n) is 2.64. The highest BCUT2D eigenvalue weighted by Gasteiger charge is 2.13. The van der Waals surface area contributed by atoms with Gasteiger partial charge in [0.15, 0.2) is 0 Å². The predicted molar refractivity (Wildman–Crippen MR) is 66.0 cm³/mol. The minimum atomic E-state index is 0.233. The smallest absolute Gasteiger partial charge is 0.134 e. The molecule has 0 saturated carbocycles. The van der Waals surface area contributed by atoms with Gasteiger partial charge < -0.3 is 14.6 Å². The molecular weight excluding hydrogens is 256 g/mol. The topological polar surface area (TPSA) is 28.4 Å². The molecule has 2 unspecified atom stereocenters. The van der Waals surface area contributed by atoms with E-state index in [4.69, 9.17) is 4.42 Å². The van der Waals surface area contributed by atoms with Gasteiger partial charge in [0.25, 0.3) is 0 Å². The standard InChI is InChI=1S/C11H19BrN2O/c1-8(14(3)4)7-13-9(2)11-10(12)5-6-15-11/h5-6,8-9,13H,7H2,1-4H3. The molecule has 0 spiro atoms. The Kier molecular flexibility index (Phi) is 4.83. The summed E-state index contributed by atoms with van der Waals surface area (Å²) in [5.74, 6) is 0.959. The van der Waals surface area contributed by atoms with Gasteiger partial charge in [0, 0.05) is 12.6 Å².